The molecule has 0 radical (unpaired) electrons. The fourth-order valence-electron chi connectivity index (χ4n) is 3.85. The van der Waals surface area contributed by atoms with Crippen LogP contribution in [-0.4, -0.2) is 48.2 Å². The average molecular weight is 409 g/mol. The molecule has 1 aliphatic heterocycles. The first-order valence-electron chi connectivity index (χ1n) is 10.4. The summed E-state index contributed by atoms with van der Waals surface area (Å²) in [6.45, 7) is 4.39. The van der Waals surface area contributed by atoms with Gasteiger partial charge < -0.3 is 14.5 Å². The van der Waals surface area contributed by atoms with Crippen molar-refractivity contribution < 1.29 is 13.9 Å². The van der Waals surface area contributed by atoms with Crippen molar-refractivity contribution in [3.63, 3.8) is 0 Å². The van der Waals surface area contributed by atoms with E-state index in [4.69, 9.17) is 9.15 Å². The number of hydrogen-bond donors (Lipinski definition) is 1. The topological polar surface area (TPSA) is 76.7 Å². The third kappa shape index (κ3) is 4.98. The smallest absolute Gasteiger partial charge is 0.408 e. The lowest BCUT2D eigenvalue weighted by Crippen LogP contribution is -2.43. The molecule has 1 fully saturated rings. The number of benzene rings is 2. The number of nitrogens with one attached hydrogen (secondary N) is 1. The number of aromatic nitrogens is 1. The summed E-state index contributed by atoms with van der Waals surface area (Å²) in [5.74, 6) is -0.399. The molecule has 1 atom stereocenters. The number of hydrogen-bond acceptors (Lipinski definition) is 5. The SMILES string of the molecule is O=C(CCCn1c(=O)oc2ccccc21)N[C@H](CN1CCOCC1)c1ccccc1. The third-order valence-corrected chi connectivity index (χ3v) is 5.44. The minimum atomic E-state index is -0.383. The van der Waals surface area contributed by atoms with Crippen LogP contribution in [-0.2, 0) is 16.1 Å². The Bertz CT molecular complexity index is 1020. The van der Waals surface area contributed by atoms with Crippen molar-refractivity contribution in [1.82, 2.24) is 14.8 Å². The van der Waals surface area contributed by atoms with Gasteiger partial charge in [0.2, 0.25) is 5.91 Å². The maximum Gasteiger partial charge on any atom is 0.419 e. The Kier molecular flexibility index (Phi) is 6.61. The molecule has 3 aromatic rings. The first-order valence-corrected chi connectivity index (χ1v) is 10.4. The Morgan fingerprint density at radius 1 is 1.03 bits per heavy atom. The van der Waals surface area contributed by atoms with E-state index in [0.717, 1.165) is 43.9 Å². The van der Waals surface area contributed by atoms with Crippen LogP contribution in [0.3, 0.4) is 0 Å². The highest BCUT2D eigenvalue weighted by Gasteiger charge is 2.20. The largest absolute Gasteiger partial charge is 0.419 e. The van der Waals surface area contributed by atoms with Gasteiger partial charge in [0.15, 0.2) is 5.58 Å². The number of amides is 1. The number of fused-ring (bicyclic) bond motifs is 1. The molecule has 0 unspecified atom stereocenters. The van der Waals surface area contributed by atoms with Crippen molar-refractivity contribution in [2.45, 2.75) is 25.4 Å². The van der Waals surface area contributed by atoms with E-state index in [1.54, 1.807) is 10.6 Å². The predicted octanol–water partition coefficient (Wildman–Crippen LogP) is 2.56. The molecule has 7 nitrogen and oxygen atoms in total. The molecular formula is C23H27N3O4. The lowest BCUT2D eigenvalue weighted by atomic mass is 10.1. The van der Waals surface area contributed by atoms with Gasteiger partial charge in [-0.3, -0.25) is 14.3 Å². The number of carbonyl (C=O) groups is 1. The first kappa shape index (κ1) is 20.4. The molecule has 0 spiro atoms. The van der Waals surface area contributed by atoms with Gasteiger partial charge in [-0.15, -0.1) is 0 Å². The summed E-state index contributed by atoms with van der Waals surface area (Å²) in [6.07, 6.45) is 0.909. The maximum absolute atomic E-state index is 12.7. The highest BCUT2D eigenvalue weighted by molar-refractivity contribution is 5.76. The molecule has 0 saturated carbocycles. The van der Waals surface area contributed by atoms with Gasteiger partial charge in [0.1, 0.15) is 0 Å². The fraction of sp³-hybridized carbons (Fsp3) is 0.391. The van der Waals surface area contributed by atoms with Gasteiger partial charge >= 0.3 is 5.76 Å². The molecule has 2 heterocycles. The van der Waals surface area contributed by atoms with Crippen LogP contribution in [0.4, 0.5) is 0 Å². The number of oxazole rings is 1. The minimum absolute atomic E-state index is 0.0158. The summed E-state index contributed by atoms with van der Waals surface area (Å²) in [4.78, 5) is 27.1. The third-order valence-electron chi connectivity index (χ3n) is 5.44. The zero-order chi connectivity index (χ0) is 20.8. The Morgan fingerprint density at radius 3 is 2.57 bits per heavy atom. The molecule has 7 heteroatoms. The second kappa shape index (κ2) is 9.73. The highest BCUT2D eigenvalue weighted by atomic mass is 16.5. The van der Waals surface area contributed by atoms with Gasteiger partial charge in [0, 0.05) is 32.6 Å². The second-order valence-electron chi connectivity index (χ2n) is 7.53. The van der Waals surface area contributed by atoms with Gasteiger partial charge in [-0.2, -0.15) is 0 Å². The Labute approximate surface area is 175 Å². The molecular weight excluding hydrogens is 382 g/mol. The summed E-state index contributed by atoms with van der Waals surface area (Å²) in [5.41, 5.74) is 2.42. The van der Waals surface area contributed by atoms with Crippen molar-refractivity contribution in [1.29, 1.82) is 0 Å². The lowest BCUT2D eigenvalue weighted by molar-refractivity contribution is -0.122. The number of morpholine rings is 1. The molecule has 158 valence electrons. The van der Waals surface area contributed by atoms with Crippen LogP contribution in [0.5, 0.6) is 0 Å². The summed E-state index contributed by atoms with van der Waals surface area (Å²) in [6, 6.07) is 17.3. The van der Waals surface area contributed by atoms with Crippen LogP contribution in [0.15, 0.2) is 63.8 Å². The average Bonchev–Trinajstić information content (AvgIpc) is 3.10. The quantitative estimate of drug-likeness (QED) is 0.619. The highest BCUT2D eigenvalue weighted by Crippen LogP contribution is 2.16. The van der Waals surface area contributed by atoms with Gasteiger partial charge in [-0.1, -0.05) is 42.5 Å². The molecule has 4 rings (SSSR count). The first-order chi connectivity index (χ1) is 14.7. The van der Waals surface area contributed by atoms with Crippen molar-refractivity contribution in [3.8, 4) is 0 Å². The van der Waals surface area contributed by atoms with Crippen LogP contribution < -0.4 is 11.1 Å². The lowest BCUT2D eigenvalue weighted by Gasteiger charge is -2.31. The zero-order valence-corrected chi connectivity index (χ0v) is 17.0. The molecule has 1 N–H and O–H groups in total. The second-order valence-corrected chi connectivity index (χ2v) is 7.53. The van der Waals surface area contributed by atoms with E-state index >= 15 is 0 Å². The van der Waals surface area contributed by atoms with E-state index < -0.39 is 0 Å². The van der Waals surface area contributed by atoms with Gasteiger partial charge in [-0.05, 0) is 24.1 Å². The zero-order valence-electron chi connectivity index (χ0n) is 17.0. The maximum atomic E-state index is 12.7. The molecule has 0 aliphatic carbocycles. The molecule has 1 saturated heterocycles. The summed E-state index contributed by atoms with van der Waals surface area (Å²) < 4.78 is 12.3. The van der Waals surface area contributed by atoms with Crippen LogP contribution in [0.2, 0.25) is 0 Å². The van der Waals surface area contributed by atoms with E-state index in [9.17, 15) is 9.59 Å². The molecule has 1 aliphatic rings. The number of carbonyl (C=O) groups excluding carboxylic acids is 1. The number of aryl methyl sites for hydroxylation is 1. The van der Waals surface area contributed by atoms with Crippen molar-refractivity contribution in [2.24, 2.45) is 0 Å². The van der Waals surface area contributed by atoms with Gasteiger partial charge in [0.05, 0.1) is 24.8 Å². The van der Waals surface area contributed by atoms with Crippen LogP contribution in [0, 0.1) is 0 Å². The normalized spacial score (nSPS) is 15.9. The Hall–Kier alpha value is -2.90. The van der Waals surface area contributed by atoms with Crippen molar-refractivity contribution in [3.05, 3.63) is 70.7 Å². The number of para-hydroxylation sites is 2. The van der Waals surface area contributed by atoms with E-state index in [-0.39, 0.29) is 17.7 Å². The van der Waals surface area contributed by atoms with Crippen molar-refractivity contribution >= 4 is 17.0 Å². The van der Waals surface area contributed by atoms with E-state index in [2.05, 4.69) is 10.2 Å². The molecule has 1 amide bonds. The molecule has 0 bridgehead atoms. The Balaban J connectivity index is 1.36. The molecule has 2 aromatic carbocycles. The van der Waals surface area contributed by atoms with E-state index in [1.165, 1.54) is 0 Å². The summed E-state index contributed by atoms with van der Waals surface area (Å²) >= 11 is 0. The molecule has 1 aromatic heterocycles. The molecule has 30 heavy (non-hydrogen) atoms. The van der Waals surface area contributed by atoms with Crippen molar-refractivity contribution in [2.75, 3.05) is 32.8 Å². The minimum Gasteiger partial charge on any atom is -0.408 e. The monoisotopic (exact) mass is 409 g/mol. The summed E-state index contributed by atoms with van der Waals surface area (Å²) in [7, 11) is 0. The number of rotatable bonds is 8. The van der Waals surface area contributed by atoms with Gasteiger partial charge in [0.25, 0.3) is 0 Å². The Morgan fingerprint density at radius 2 is 1.77 bits per heavy atom. The van der Waals surface area contributed by atoms with Crippen LogP contribution in [0.25, 0.3) is 11.1 Å². The van der Waals surface area contributed by atoms with Gasteiger partial charge in [-0.25, -0.2) is 4.79 Å². The van der Waals surface area contributed by atoms with Crippen LogP contribution in [0.1, 0.15) is 24.4 Å². The van der Waals surface area contributed by atoms with E-state index in [0.29, 0.717) is 25.0 Å². The predicted molar refractivity (Wildman–Crippen MR) is 114 cm³/mol. The fourth-order valence-corrected chi connectivity index (χ4v) is 3.85. The summed E-state index contributed by atoms with van der Waals surface area (Å²) in [5, 5.41) is 3.18. The number of nitrogens with zero attached hydrogens (tertiary/aromatic N) is 2. The van der Waals surface area contributed by atoms with Crippen LogP contribution >= 0.6 is 0 Å². The number of ether oxygens (including phenoxy) is 1. The standard InChI is InChI=1S/C23H27N3O4/c27-22(11-6-12-26-20-9-4-5-10-21(20)30-23(26)28)24-19(18-7-2-1-3-8-18)17-25-13-15-29-16-14-25/h1-5,7-10,19H,6,11-17H2,(H,24,27)/t19-/m1/s1. The van der Waals surface area contributed by atoms with E-state index in [1.807, 2.05) is 48.5 Å².